The van der Waals surface area contributed by atoms with Crippen molar-refractivity contribution >= 4 is 0 Å². The highest BCUT2D eigenvalue weighted by atomic mass is 19.1. The molecule has 2 aromatic rings. The van der Waals surface area contributed by atoms with E-state index in [0.717, 1.165) is 23.3 Å². The maximum Gasteiger partial charge on any atom is 0.165 e. The predicted molar refractivity (Wildman–Crippen MR) is 71.7 cm³/mol. The maximum atomic E-state index is 13.6. The average Bonchev–Trinajstić information content (AvgIpc) is 2.87. The number of halogens is 1. The van der Waals surface area contributed by atoms with Gasteiger partial charge in [0.2, 0.25) is 0 Å². The van der Waals surface area contributed by atoms with Gasteiger partial charge in [-0.1, -0.05) is 13.0 Å². The SMILES string of the molecule is CCc1occc1C(N)Cc1ccc(OC)c(F)c1. The van der Waals surface area contributed by atoms with Crippen LogP contribution in [0.4, 0.5) is 4.39 Å². The minimum atomic E-state index is -0.366. The standard InChI is InChI=1S/C15H18FNO2/c1-3-14-11(6-7-19-14)13(17)9-10-4-5-15(18-2)12(16)8-10/h4-8,13H,3,9,17H2,1-2H3. The molecule has 0 bridgehead atoms. The number of hydrogen-bond donors (Lipinski definition) is 1. The number of aryl methyl sites for hydroxylation is 1. The molecule has 0 aliphatic rings. The highest BCUT2D eigenvalue weighted by molar-refractivity contribution is 5.31. The fourth-order valence-corrected chi connectivity index (χ4v) is 2.17. The van der Waals surface area contributed by atoms with E-state index in [1.54, 1.807) is 12.3 Å². The van der Waals surface area contributed by atoms with Gasteiger partial charge in [-0.2, -0.15) is 0 Å². The van der Waals surface area contributed by atoms with Crippen LogP contribution in [-0.4, -0.2) is 7.11 Å². The maximum absolute atomic E-state index is 13.6. The highest BCUT2D eigenvalue weighted by Crippen LogP contribution is 2.24. The van der Waals surface area contributed by atoms with Crippen molar-refractivity contribution < 1.29 is 13.5 Å². The van der Waals surface area contributed by atoms with E-state index in [-0.39, 0.29) is 17.6 Å². The summed E-state index contributed by atoms with van der Waals surface area (Å²) in [6.07, 6.45) is 3.00. The zero-order valence-electron chi connectivity index (χ0n) is 11.2. The fraction of sp³-hybridized carbons (Fsp3) is 0.333. The van der Waals surface area contributed by atoms with Crippen molar-refractivity contribution in [3.8, 4) is 5.75 Å². The number of hydrogen-bond acceptors (Lipinski definition) is 3. The van der Waals surface area contributed by atoms with E-state index in [4.69, 9.17) is 14.9 Å². The van der Waals surface area contributed by atoms with E-state index in [1.807, 2.05) is 19.1 Å². The molecular weight excluding hydrogens is 245 g/mol. The lowest BCUT2D eigenvalue weighted by atomic mass is 9.99. The largest absolute Gasteiger partial charge is 0.494 e. The Hall–Kier alpha value is -1.81. The van der Waals surface area contributed by atoms with Crippen LogP contribution in [0.2, 0.25) is 0 Å². The normalized spacial score (nSPS) is 12.4. The van der Waals surface area contributed by atoms with Crippen LogP contribution in [0.15, 0.2) is 34.9 Å². The minimum absolute atomic E-state index is 0.193. The molecule has 3 nitrogen and oxygen atoms in total. The summed E-state index contributed by atoms with van der Waals surface area (Å²) in [6, 6.07) is 6.59. The summed E-state index contributed by atoms with van der Waals surface area (Å²) in [7, 11) is 1.45. The van der Waals surface area contributed by atoms with E-state index >= 15 is 0 Å². The van der Waals surface area contributed by atoms with Gasteiger partial charge in [0, 0.05) is 18.0 Å². The van der Waals surface area contributed by atoms with Crippen LogP contribution in [0, 0.1) is 5.82 Å². The molecule has 0 amide bonds. The van der Waals surface area contributed by atoms with E-state index < -0.39 is 0 Å². The van der Waals surface area contributed by atoms with Gasteiger partial charge in [0.1, 0.15) is 5.76 Å². The molecule has 1 unspecified atom stereocenters. The van der Waals surface area contributed by atoms with Gasteiger partial charge in [-0.25, -0.2) is 4.39 Å². The second kappa shape index (κ2) is 5.89. The molecule has 1 aromatic carbocycles. The van der Waals surface area contributed by atoms with Crippen molar-refractivity contribution in [1.29, 1.82) is 0 Å². The molecule has 1 heterocycles. The van der Waals surface area contributed by atoms with Gasteiger partial charge < -0.3 is 14.9 Å². The summed E-state index contributed by atoms with van der Waals surface area (Å²) in [6.45, 7) is 2.02. The Morgan fingerprint density at radius 2 is 2.16 bits per heavy atom. The van der Waals surface area contributed by atoms with Crippen molar-refractivity contribution in [2.75, 3.05) is 7.11 Å². The van der Waals surface area contributed by atoms with Crippen LogP contribution in [-0.2, 0) is 12.8 Å². The van der Waals surface area contributed by atoms with Gasteiger partial charge in [0.15, 0.2) is 11.6 Å². The number of rotatable bonds is 5. The van der Waals surface area contributed by atoms with E-state index in [2.05, 4.69) is 0 Å². The zero-order chi connectivity index (χ0) is 13.8. The first kappa shape index (κ1) is 13.6. The van der Waals surface area contributed by atoms with Crippen LogP contribution in [0.5, 0.6) is 5.75 Å². The number of nitrogens with two attached hydrogens (primary N) is 1. The quantitative estimate of drug-likeness (QED) is 0.901. The van der Waals surface area contributed by atoms with E-state index in [1.165, 1.54) is 13.2 Å². The molecule has 0 fully saturated rings. The number of furan rings is 1. The van der Waals surface area contributed by atoms with Gasteiger partial charge in [0.05, 0.1) is 13.4 Å². The molecule has 0 aliphatic carbocycles. The predicted octanol–water partition coefficient (Wildman–Crippen LogP) is 3.23. The second-order valence-electron chi connectivity index (χ2n) is 4.43. The molecule has 0 saturated heterocycles. The van der Waals surface area contributed by atoms with Gasteiger partial charge >= 0.3 is 0 Å². The van der Waals surface area contributed by atoms with Gasteiger partial charge in [-0.3, -0.25) is 0 Å². The van der Waals surface area contributed by atoms with Crippen LogP contribution >= 0.6 is 0 Å². The topological polar surface area (TPSA) is 48.4 Å². The first-order chi connectivity index (χ1) is 9.15. The van der Waals surface area contributed by atoms with Crippen molar-refractivity contribution in [1.82, 2.24) is 0 Å². The molecule has 1 atom stereocenters. The lowest BCUT2D eigenvalue weighted by Gasteiger charge is -2.12. The van der Waals surface area contributed by atoms with Crippen LogP contribution < -0.4 is 10.5 Å². The summed E-state index contributed by atoms with van der Waals surface area (Å²) < 4.78 is 23.9. The Morgan fingerprint density at radius 3 is 2.79 bits per heavy atom. The molecule has 19 heavy (non-hydrogen) atoms. The van der Waals surface area contributed by atoms with Crippen molar-refractivity contribution in [2.45, 2.75) is 25.8 Å². The third-order valence-electron chi connectivity index (χ3n) is 3.17. The smallest absolute Gasteiger partial charge is 0.165 e. The van der Waals surface area contributed by atoms with Gasteiger partial charge in [-0.05, 0) is 30.2 Å². The minimum Gasteiger partial charge on any atom is -0.494 e. The first-order valence-corrected chi connectivity index (χ1v) is 6.30. The molecule has 0 aliphatic heterocycles. The van der Waals surface area contributed by atoms with E-state index in [9.17, 15) is 4.39 Å². The summed E-state index contributed by atoms with van der Waals surface area (Å²) >= 11 is 0. The van der Waals surface area contributed by atoms with Crippen molar-refractivity contribution in [3.63, 3.8) is 0 Å². The molecule has 2 N–H and O–H groups in total. The second-order valence-corrected chi connectivity index (χ2v) is 4.43. The summed E-state index contributed by atoms with van der Waals surface area (Å²) in [4.78, 5) is 0. The molecule has 2 rings (SSSR count). The molecule has 0 radical (unpaired) electrons. The molecule has 0 saturated carbocycles. The molecule has 1 aromatic heterocycles. The van der Waals surface area contributed by atoms with Crippen molar-refractivity contribution in [2.24, 2.45) is 5.73 Å². The highest BCUT2D eigenvalue weighted by Gasteiger charge is 2.14. The number of methoxy groups -OCH3 is 1. The Bertz CT molecular complexity index is 551. The monoisotopic (exact) mass is 263 g/mol. The Kier molecular flexibility index (Phi) is 4.22. The Morgan fingerprint density at radius 1 is 1.37 bits per heavy atom. The lowest BCUT2D eigenvalue weighted by Crippen LogP contribution is -2.14. The zero-order valence-corrected chi connectivity index (χ0v) is 11.2. The Labute approximate surface area is 112 Å². The molecule has 102 valence electrons. The van der Waals surface area contributed by atoms with Crippen LogP contribution in [0.1, 0.15) is 29.9 Å². The van der Waals surface area contributed by atoms with E-state index in [0.29, 0.717) is 6.42 Å². The molecular formula is C15H18FNO2. The summed E-state index contributed by atoms with van der Waals surface area (Å²) in [5.41, 5.74) is 7.98. The Balaban J connectivity index is 2.15. The summed E-state index contributed by atoms with van der Waals surface area (Å²) in [5, 5.41) is 0. The molecule has 4 heteroatoms. The van der Waals surface area contributed by atoms with Gasteiger partial charge in [0.25, 0.3) is 0 Å². The lowest BCUT2D eigenvalue weighted by molar-refractivity contribution is 0.386. The third-order valence-corrected chi connectivity index (χ3v) is 3.17. The number of benzene rings is 1. The summed E-state index contributed by atoms with van der Waals surface area (Å²) in [5.74, 6) is 0.770. The van der Waals surface area contributed by atoms with Crippen molar-refractivity contribution in [3.05, 3.63) is 53.2 Å². The van der Waals surface area contributed by atoms with Crippen LogP contribution in [0.25, 0.3) is 0 Å². The van der Waals surface area contributed by atoms with Crippen LogP contribution in [0.3, 0.4) is 0 Å². The average molecular weight is 263 g/mol. The molecule has 0 spiro atoms. The van der Waals surface area contributed by atoms with Gasteiger partial charge in [-0.15, -0.1) is 0 Å². The first-order valence-electron chi connectivity index (χ1n) is 6.30. The fourth-order valence-electron chi connectivity index (χ4n) is 2.17. The number of ether oxygens (including phenoxy) is 1. The third kappa shape index (κ3) is 2.96.